The monoisotopic (exact) mass is 625 g/mol. The first-order valence-electron chi connectivity index (χ1n) is 17.3. The number of allylic oxidation sites excluding steroid dienone is 1. The summed E-state index contributed by atoms with van der Waals surface area (Å²) in [5.74, 6) is 1.12. The lowest BCUT2D eigenvalue weighted by atomic mass is 9.88. The first-order valence-corrected chi connectivity index (χ1v) is 17.3. The summed E-state index contributed by atoms with van der Waals surface area (Å²) < 4.78 is 0. The summed E-state index contributed by atoms with van der Waals surface area (Å²) in [6.07, 6.45) is 9.24. The van der Waals surface area contributed by atoms with Gasteiger partial charge < -0.3 is 20.2 Å². The first-order chi connectivity index (χ1) is 23.1. The van der Waals surface area contributed by atoms with Crippen LogP contribution in [0, 0.1) is 5.92 Å². The highest BCUT2D eigenvalue weighted by molar-refractivity contribution is 6.00. The molecule has 1 amide bonds. The van der Waals surface area contributed by atoms with E-state index in [1.165, 1.54) is 64.2 Å². The van der Waals surface area contributed by atoms with Crippen LogP contribution in [0.2, 0.25) is 0 Å². The number of benzene rings is 3. The van der Waals surface area contributed by atoms with Gasteiger partial charge in [-0.25, -0.2) is 0 Å². The second-order valence-electron chi connectivity index (χ2n) is 13.6. The normalized spacial score (nSPS) is 18.9. The largest absolute Gasteiger partial charge is 0.508 e. The van der Waals surface area contributed by atoms with Gasteiger partial charge in [0.15, 0.2) is 0 Å². The lowest BCUT2D eigenvalue weighted by molar-refractivity contribution is 0.0965. The van der Waals surface area contributed by atoms with Gasteiger partial charge in [-0.1, -0.05) is 24.3 Å². The Bertz CT molecular complexity index is 1790. The van der Waals surface area contributed by atoms with E-state index in [0.717, 1.165) is 75.6 Å². The van der Waals surface area contributed by atoms with E-state index in [1.807, 2.05) is 36.7 Å². The van der Waals surface area contributed by atoms with Gasteiger partial charge in [0.2, 0.25) is 0 Å². The van der Waals surface area contributed by atoms with Crippen molar-refractivity contribution in [2.45, 2.75) is 38.6 Å². The molecule has 0 saturated carbocycles. The molecule has 3 aliphatic heterocycles. The van der Waals surface area contributed by atoms with E-state index in [9.17, 15) is 9.90 Å². The number of phenolic OH excluding ortho intramolecular Hbond substituents is 1. The number of pyridine rings is 1. The van der Waals surface area contributed by atoms with Crippen molar-refractivity contribution in [1.82, 2.24) is 15.2 Å². The molecule has 2 fully saturated rings. The van der Waals surface area contributed by atoms with Crippen molar-refractivity contribution in [3.05, 3.63) is 119 Å². The number of nitrogens with one attached hydrogen (secondary N) is 1. The fourth-order valence-electron chi connectivity index (χ4n) is 8.12. The highest BCUT2D eigenvalue weighted by atomic mass is 16.3. The second-order valence-corrected chi connectivity index (χ2v) is 13.6. The first kappa shape index (κ1) is 29.8. The molecule has 4 heterocycles. The van der Waals surface area contributed by atoms with Crippen molar-refractivity contribution >= 4 is 28.4 Å². The van der Waals surface area contributed by atoms with Crippen LogP contribution in [0.4, 0.5) is 11.4 Å². The van der Waals surface area contributed by atoms with Gasteiger partial charge in [0.05, 0.1) is 0 Å². The van der Waals surface area contributed by atoms with Crippen LogP contribution in [-0.4, -0.2) is 66.7 Å². The molecule has 7 heteroatoms. The van der Waals surface area contributed by atoms with Crippen LogP contribution in [0.1, 0.15) is 63.9 Å². The molecule has 4 aliphatic rings. The van der Waals surface area contributed by atoms with Crippen molar-refractivity contribution in [3.8, 4) is 5.75 Å². The Hall–Kier alpha value is -4.62. The third kappa shape index (κ3) is 6.12. The van der Waals surface area contributed by atoms with E-state index in [0.29, 0.717) is 12.3 Å². The number of piperazine rings is 1. The van der Waals surface area contributed by atoms with Crippen molar-refractivity contribution in [3.63, 3.8) is 0 Å². The number of carbonyl (C=O) groups is 1. The SMILES string of the molecule is O=C1NCc2cc(N3CCN(CC4CCN(c5ccc(C6=C(c7cccnc7)CCCc7cc(O)ccc76)cc5)CC4)CC3)ccc21. The van der Waals surface area contributed by atoms with Gasteiger partial charge in [-0.3, -0.25) is 14.7 Å². The van der Waals surface area contributed by atoms with E-state index in [1.54, 1.807) is 0 Å². The predicted octanol–water partition coefficient (Wildman–Crippen LogP) is 6.36. The molecule has 3 aromatic carbocycles. The lowest BCUT2D eigenvalue weighted by Crippen LogP contribution is -2.49. The summed E-state index contributed by atoms with van der Waals surface area (Å²) in [5.41, 5.74) is 11.9. The molecular weight excluding hydrogens is 582 g/mol. The van der Waals surface area contributed by atoms with E-state index >= 15 is 0 Å². The van der Waals surface area contributed by atoms with Crippen molar-refractivity contribution in [1.29, 1.82) is 0 Å². The van der Waals surface area contributed by atoms with Gasteiger partial charge in [0.1, 0.15) is 5.75 Å². The molecule has 0 bridgehead atoms. The summed E-state index contributed by atoms with van der Waals surface area (Å²) in [6, 6.07) is 25.5. The maximum absolute atomic E-state index is 11.9. The maximum atomic E-state index is 11.9. The number of anilines is 2. The Morgan fingerprint density at radius 1 is 0.766 bits per heavy atom. The molecule has 240 valence electrons. The Kier molecular flexibility index (Phi) is 8.16. The van der Waals surface area contributed by atoms with Crippen LogP contribution in [0.25, 0.3) is 11.1 Å². The molecule has 0 atom stereocenters. The highest BCUT2D eigenvalue weighted by Crippen LogP contribution is 2.41. The second kappa shape index (κ2) is 12.9. The van der Waals surface area contributed by atoms with Gasteiger partial charge in [-0.2, -0.15) is 0 Å². The number of amides is 1. The molecule has 0 spiro atoms. The minimum Gasteiger partial charge on any atom is -0.508 e. The fourth-order valence-corrected chi connectivity index (χ4v) is 8.12. The minimum atomic E-state index is 0.0519. The Morgan fingerprint density at radius 3 is 2.32 bits per heavy atom. The van der Waals surface area contributed by atoms with Gasteiger partial charge in [0, 0.05) is 81.7 Å². The number of aromatic nitrogens is 1. The number of hydrogen-bond donors (Lipinski definition) is 2. The van der Waals surface area contributed by atoms with Crippen LogP contribution in [0.5, 0.6) is 5.75 Å². The third-order valence-corrected chi connectivity index (χ3v) is 10.7. The van der Waals surface area contributed by atoms with E-state index in [4.69, 9.17) is 0 Å². The van der Waals surface area contributed by atoms with E-state index in [-0.39, 0.29) is 5.91 Å². The van der Waals surface area contributed by atoms with Gasteiger partial charge in [-0.15, -0.1) is 0 Å². The zero-order valence-corrected chi connectivity index (χ0v) is 27.0. The standard InChI is InChI=1S/C40H43N5O2/c46-35-11-13-37-30(24-35)3-1-5-36(31-4-2-16-41-25-31)39(37)29-6-8-33(9-7-29)44-17-14-28(15-18-44)27-43-19-21-45(22-20-43)34-10-12-38-32(23-34)26-42-40(38)47/h2,4,6-13,16,23-25,28,46H,1,3,5,14-15,17-22,26-27H2,(H,42,47). The number of hydrogen-bond acceptors (Lipinski definition) is 6. The fraction of sp³-hybridized carbons (Fsp3) is 0.350. The number of phenols is 1. The minimum absolute atomic E-state index is 0.0519. The molecule has 47 heavy (non-hydrogen) atoms. The zero-order chi connectivity index (χ0) is 31.7. The molecule has 2 saturated heterocycles. The van der Waals surface area contributed by atoms with Crippen LogP contribution in [0.15, 0.2) is 85.2 Å². The van der Waals surface area contributed by atoms with Crippen LogP contribution in [0.3, 0.4) is 0 Å². The maximum Gasteiger partial charge on any atom is 0.251 e. The predicted molar refractivity (Wildman–Crippen MR) is 189 cm³/mol. The summed E-state index contributed by atoms with van der Waals surface area (Å²) in [4.78, 5) is 24.0. The van der Waals surface area contributed by atoms with Crippen LogP contribution in [-0.2, 0) is 13.0 Å². The summed E-state index contributed by atoms with van der Waals surface area (Å²) >= 11 is 0. The van der Waals surface area contributed by atoms with Gasteiger partial charge in [-0.05, 0) is 126 Å². The van der Waals surface area contributed by atoms with Crippen LogP contribution >= 0.6 is 0 Å². The van der Waals surface area contributed by atoms with Gasteiger partial charge >= 0.3 is 0 Å². The van der Waals surface area contributed by atoms with E-state index < -0.39 is 0 Å². The Balaban J connectivity index is 0.905. The number of aromatic hydroxyl groups is 1. The van der Waals surface area contributed by atoms with Crippen LogP contribution < -0.4 is 15.1 Å². The number of aryl methyl sites for hydroxylation is 1. The van der Waals surface area contributed by atoms with Crippen molar-refractivity contribution < 1.29 is 9.90 Å². The number of fused-ring (bicyclic) bond motifs is 2. The average Bonchev–Trinajstić information content (AvgIpc) is 3.38. The number of nitrogens with zero attached hydrogens (tertiary/aromatic N) is 4. The number of piperidine rings is 1. The molecule has 1 aliphatic carbocycles. The van der Waals surface area contributed by atoms with Crippen molar-refractivity contribution in [2.24, 2.45) is 5.92 Å². The third-order valence-electron chi connectivity index (χ3n) is 10.7. The summed E-state index contributed by atoms with van der Waals surface area (Å²) in [6.45, 7) is 8.28. The Morgan fingerprint density at radius 2 is 1.53 bits per heavy atom. The molecule has 0 unspecified atom stereocenters. The summed E-state index contributed by atoms with van der Waals surface area (Å²) in [5, 5.41) is 13.2. The molecule has 1 aromatic heterocycles. The molecule has 0 radical (unpaired) electrons. The lowest BCUT2D eigenvalue weighted by Gasteiger charge is -2.40. The quantitative estimate of drug-likeness (QED) is 0.260. The number of carbonyl (C=O) groups excluding carboxylic acids is 1. The zero-order valence-electron chi connectivity index (χ0n) is 27.0. The Labute approximate surface area is 277 Å². The highest BCUT2D eigenvalue weighted by Gasteiger charge is 2.26. The molecule has 7 nitrogen and oxygen atoms in total. The van der Waals surface area contributed by atoms with E-state index in [2.05, 4.69) is 73.5 Å². The average molecular weight is 626 g/mol. The summed E-state index contributed by atoms with van der Waals surface area (Å²) in [7, 11) is 0. The topological polar surface area (TPSA) is 71.9 Å². The molecule has 4 aromatic rings. The van der Waals surface area contributed by atoms with Gasteiger partial charge in [0.25, 0.3) is 5.91 Å². The number of rotatable bonds is 6. The smallest absolute Gasteiger partial charge is 0.251 e. The van der Waals surface area contributed by atoms with Crippen molar-refractivity contribution in [2.75, 3.05) is 55.6 Å². The molecule has 8 rings (SSSR count). The molecule has 2 N–H and O–H groups in total. The molecular formula is C40H43N5O2.